The van der Waals surface area contributed by atoms with E-state index in [9.17, 15) is 9.59 Å². The highest BCUT2D eigenvalue weighted by Gasteiger charge is 2.28. The lowest BCUT2D eigenvalue weighted by Gasteiger charge is -2.15. The molecule has 1 aliphatic rings. The van der Waals surface area contributed by atoms with Gasteiger partial charge in [-0.3, -0.25) is 4.79 Å². The first-order valence-corrected chi connectivity index (χ1v) is 6.78. The number of carbonyl (C=O) groups is 2. The van der Waals surface area contributed by atoms with Crippen molar-refractivity contribution in [2.75, 3.05) is 14.2 Å². The van der Waals surface area contributed by atoms with Crippen molar-refractivity contribution in [3.05, 3.63) is 23.8 Å². The summed E-state index contributed by atoms with van der Waals surface area (Å²) in [5.41, 5.74) is 0.254. The van der Waals surface area contributed by atoms with E-state index in [1.807, 2.05) is 0 Å². The van der Waals surface area contributed by atoms with Crippen molar-refractivity contribution >= 4 is 11.9 Å². The molecule has 21 heavy (non-hydrogen) atoms. The number of hydrogen-bond acceptors (Lipinski definition) is 5. The zero-order valence-corrected chi connectivity index (χ0v) is 12.3. The molecule has 1 aromatic rings. The largest absolute Gasteiger partial charge is 0.497 e. The van der Waals surface area contributed by atoms with Crippen LogP contribution in [0.5, 0.6) is 11.5 Å². The molecule has 0 saturated heterocycles. The SMILES string of the molecule is COc1ccc(C(=O)O[C@@H](C)C(=O)NC2CC2)c(OC)c1. The highest BCUT2D eigenvalue weighted by molar-refractivity contribution is 5.95. The Labute approximate surface area is 123 Å². The summed E-state index contributed by atoms with van der Waals surface area (Å²) < 4.78 is 15.4. The quantitative estimate of drug-likeness (QED) is 0.805. The summed E-state index contributed by atoms with van der Waals surface area (Å²) >= 11 is 0. The predicted molar refractivity (Wildman–Crippen MR) is 75.6 cm³/mol. The molecule has 114 valence electrons. The molecule has 1 saturated carbocycles. The number of carbonyl (C=O) groups excluding carboxylic acids is 2. The summed E-state index contributed by atoms with van der Waals surface area (Å²) in [5.74, 6) is 0.0309. The first kappa shape index (κ1) is 15.2. The highest BCUT2D eigenvalue weighted by atomic mass is 16.5. The number of esters is 1. The summed E-state index contributed by atoms with van der Waals surface area (Å²) in [4.78, 5) is 23.9. The maximum atomic E-state index is 12.1. The zero-order valence-electron chi connectivity index (χ0n) is 12.3. The van der Waals surface area contributed by atoms with E-state index < -0.39 is 12.1 Å². The van der Waals surface area contributed by atoms with Gasteiger partial charge in [-0.1, -0.05) is 0 Å². The molecule has 1 amide bonds. The van der Waals surface area contributed by atoms with Crippen molar-refractivity contribution in [2.24, 2.45) is 0 Å². The van der Waals surface area contributed by atoms with Gasteiger partial charge in [0.25, 0.3) is 5.91 Å². The number of rotatable bonds is 6. The Balaban J connectivity index is 2.03. The van der Waals surface area contributed by atoms with Crippen molar-refractivity contribution in [3.8, 4) is 11.5 Å². The Morgan fingerprint density at radius 3 is 2.52 bits per heavy atom. The minimum absolute atomic E-state index is 0.231. The Morgan fingerprint density at radius 1 is 1.24 bits per heavy atom. The molecule has 0 heterocycles. The summed E-state index contributed by atoms with van der Waals surface area (Å²) in [6, 6.07) is 5.00. The fourth-order valence-corrected chi connectivity index (χ4v) is 1.79. The third kappa shape index (κ3) is 3.87. The molecule has 1 N–H and O–H groups in total. The summed E-state index contributed by atoms with van der Waals surface area (Å²) in [5, 5.41) is 2.79. The lowest BCUT2D eigenvalue weighted by atomic mass is 10.2. The lowest BCUT2D eigenvalue weighted by molar-refractivity contribution is -0.129. The smallest absolute Gasteiger partial charge is 0.342 e. The monoisotopic (exact) mass is 293 g/mol. The Kier molecular flexibility index (Phi) is 4.67. The van der Waals surface area contributed by atoms with Gasteiger partial charge in [0.1, 0.15) is 17.1 Å². The molecule has 1 fully saturated rings. The van der Waals surface area contributed by atoms with E-state index in [1.165, 1.54) is 14.2 Å². The van der Waals surface area contributed by atoms with Crippen LogP contribution < -0.4 is 14.8 Å². The molecule has 6 nitrogen and oxygen atoms in total. The first-order valence-electron chi connectivity index (χ1n) is 6.78. The van der Waals surface area contributed by atoms with Crippen LogP contribution in [0, 0.1) is 0 Å². The summed E-state index contributed by atoms with van der Waals surface area (Å²) in [6.45, 7) is 1.55. The van der Waals surface area contributed by atoms with Gasteiger partial charge in [-0.2, -0.15) is 0 Å². The van der Waals surface area contributed by atoms with E-state index in [0.29, 0.717) is 11.5 Å². The molecule has 0 aliphatic heterocycles. The molecule has 0 aromatic heterocycles. The maximum Gasteiger partial charge on any atom is 0.342 e. The molecule has 0 unspecified atom stereocenters. The molecule has 6 heteroatoms. The average molecular weight is 293 g/mol. The second-order valence-electron chi connectivity index (χ2n) is 4.90. The van der Waals surface area contributed by atoms with E-state index in [1.54, 1.807) is 25.1 Å². The molecule has 1 aliphatic carbocycles. The van der Waals surface area contributed by atoms with Gasteiger partial charge in [-0.15, -0.1) is 0 Å². The van der Waals surface area contributed by atoms with Crippen molar-refractivity contribution < 1.29 is 23.8 Å². The maximum absolute atomic E-state index is 12.1. The molecule has 1 atom stereocenters. The van der Waals surface area contributed by atoms with Gasteiger partial charge < -0.3 is 19.5 Å². The zero-order chi connectivity index (χ0) is 15.4. The van der Waals surface area contributed by atoms with Gasteiger partial charge in [0.15, 0.2) is 6.10 Å². The third-order valence-corrected chi connectivity index (χ3v) is 3.21. The predicted octanol–water partition coefficient (Wildman–Crippen LogP) is 1.53. The van der Waals surface area contributed by atoms with Gasteiger partial charge in [0.05, 0.1) is 14.2 Å². The lowest BCUT2D eigenvalue weighted by Crippen LogP contribution is -2.37. The van der Waals surface area contributed by atoms with Gasteiger partial charge in [0.2, 0.25) is 0 Å². The number of benzene rings is 1. The van der Waals surface area contributed by atoms with E-state index in [2.05, 4.69) is 5.32 Å². The van der Waals surface area contributed by atoms with Crippen LogP contribution in [-0.4, -0.2) is 38.2 Å². The summed E-state index contributed by atoms with van der Waals surface area (Å²) in [7, 11) is 2.98. The molecular weight excluding hydrogens is 274 g/mol. The number of nitrogens with one attached hydrogen (secondary N) is 1. The molecule has 0 spiro atoms. The number of amides is 1. The van der Waals surface area contributed by atoms with Crippen LogP contribution in [0.25, 0.3) is 0 Å². The number of ether oxygens (including phenoxy) is 3. The fraction of sp³-hybridized carbons (Fsp3) is 0.467. The number of methoxy groups -OCH3 is 2. The van der Waals surface area contributed by atoms with Crippen LogP contribution in [0.1, 0.15) is 30.1 Å². The second-order valence-corrected chi connectivity index (χ2v) is 4.90. The van der Waals surface area contributed by atoms with E-state index >= 15 is 0 Å². The van der Waals surface area contributed by atoms with Gasteiger partial charge in [0, 0.05) is 12.1 Å². The minimum atomic E-state index is -0.843. The summed E-state index contributed by atoms with van der Waals surface area (Å²) in [6.07, 6.45) is 1.13. The molecule has 1 aromatic carbocycles. The van der Waals surface area contributed by atoms with Gasteiger partial charge >= 0.3 is 5.97 Å². The number of hydrogen-bond donors (Lipinski definition) is 1. The van der Waals surface area contributed by atoms with E-state index in [-0.39, 0.29) is 17.5 Å². The van der Waals surface area contributed by atoms with Crippen LogP contribution in [-0.2, 0) is 9.53 Å². The Morgan fingerprint density at radius 2 is 1.95 bits per heavy atom. The van der Waals surface area contributed by atoms with Crippen LogP contribution in [0.2, 0.25) is 0 Å². The highest BCUT2D eigenvalue weighted by Crippen LogP contribution is 2.25. The van der Waals surface area contributed by atoms with Crippen LogP contribution >= 0.6 is 0 Å². The van der Waals surface area contributed by atoms with Crippen LogP contribution in [0.3, 0.4) is 0 Å². The Bertz CT molecular complexity index is 539. The van der Waals surface area contributed by atoms with Crippen LogP contribution in [0.4, 0.5) is 0 Å². The Hall–Kier alpha value is -2.24. The normalized spacial score (nSPS) is 15.0. The molecule has 2 rings (SSSR count). The van der Waals surface area contributed by atoms with Crippen molar-refractivity contribution in [1.29, 1.82) is 0 Å². The average Bonchev–Trinajstić information content (AvgIpc) is 3.30. The first-order chi connectivity index (χ1) is 10.0. The van der Waals surface area contributed by atoms with Crippen LogP contribution in [0.15, 0.2) is 18.2 Å². The third-order valence-electron chi connectivity index (χ3n) is 3.21. The van der Waals surface area contributed by atoms with Crippen molar-refractivity contribution in [2.45, 2.75) is 31.9 Å². The fourth-order valence-electron chi connectivity index (χ4n) is 1.79. The van der Waals surface area contributed by atoms with Crippen molar-refractivity contribution in [1.82, 2.24) is 5.32 Å². The second kappa shape index (κ2) is 6.47. The topological polar surface area (TPSA) is 73.9 Å². The van der Waals surface area contributed by atoms with E-state index in [0.717, 1.165) is 12.8 Å². The molecule has 0 radical (unpaired) electrons. The molecule has 0 bridgehead atoms. The van der Waals surface area contributed by atoms with Gasteiger partial charge in [-0.25, -0.2) is 4.79 Å². The minimum Gasteiger partial charge on any atom is -0.497 e. The van der Waals surface area contributed by atoms with Crippen molar-refractivity contribution in [3.63, 3.8) is 0 Å². The standard InChI is InChI=1S/C15H19NO5/c1-9(14(17)16-10-4-5-10)21-15(18)12-7-6-11(19-2)8-13(12)20-3/h6-10H,4-5H2,1-3H3,(H,16,17)/t9-/m0/s1. The van der Waals surface area contributed by atoms with E-state index in [4.69, 9.17) is 14.2 Å². The molecular formula is C15H19NO5. The van der Waals surface area contributed by atoms with Gasteiger partial charge in [-0.05, 0) is 31.9 Å².